The summed E-state index contributed by atoms with van der Waals surface area (Å²) < 4.78 is 30.4. The summed E-state index contributed by atoms with van der Waals surface area (Å²) in [5.74, 6) is 1.12. The van der Waals surface area contributed by atoms with E-state index in [-0.39, 0.29) is 6.04 Å². The molecule has 2 rings (SSSR count). The Hall–Kier alpha value is -0.170. The van der Waals surface area contributed by atoms with Gasteiger partial charge in [-0.2, -0.15) is 0 Å². The lowest BCUT2D eigenvalue weighted by atomic mass is 9.77. The van der Waals surface area contributed by atoms with Crippen LogP contribution in [0.1, 0.15) is 45.4 Å². The van der Waals surface area contributed by atoms with Crippen LogP contribution in [0.15, 0.2) is 0 Å². The molecule has 6 heteroatoms. The van der Waals surface area contributed by atoms with Crippen molar-refractivity contribution >= 4 is 10.0 Å². The third-order valence-corrected chi connectivity index (χ3v) is 6.09. The maximum Gasteiger partial charge on any atom is 0.211 e. The van der Waals surface area contributed by atoms with Crippen LogP contribution in [0.4, 0.5) is 0 Å². The van der Waals surface area contributed by atoms with Gasteiger partial charge in [-0.3, -0.25) is 0 Å². The van der Waals surface area contributed by atoms with Crippen LogP contribution >= 0.6 is 0 Å². The van der Waals surface area contributed by atoms with Gasteiger partial charge in [0.15, 0.2) is 0 Å². The lowest BCUT2D eigenvalue weighted by Gasteiger charge is -2.37. The number of rotatable bonds is 7. The predicted octanol–water partition coefficient (Wildman–Crippen LogP) is 1.58. The fourth-order valence-corrected chi connectivity index (χ4v) is 4.65. The summed E-state index contributed by atoms with van der Waals surface area (Å²) in [7, 11) is -3.05. The summed E-state index contributed by atoms with van der Waals surface area (Å²) in [5, 5.41) is 0. The van der Waals surface area contributed by atoms with Crippen molar-refractivity contribution in [1.29, 1.82) is 0 Å². The van der Waals surface area contributed by atoms with Crippen molar-refractivity contribution in [2.45, 2.75) is 57.6 Å². The summed E-state index contributed by atoms with van der Waals surface area (Å²) in [4.78, 5) is 0. The first-order valence-corrected chi connectivity index (χ1v) is 10.1. The molecule has 21 heavy (non-hydrogen) atoms. The highest BCUT2D eigenvalue weighted by molar-refractivity contribution is 7.88. The third-order valence-electron chi connectivity index (χ3n) is 4.82. The van der Waals surface area contributed by atoms with Gasteiger partial charge in [-0.25, -0.2) is 12.7 Å². The smallest absolute Gasteiger partial charge is 0.211 e. The number of sulfonamides is 1. The predicted molar refractivity (Wildman–Crippen MR) is 84.5 cm³/mol. The number of nitrogens with two attached hydrogens (primary N) is 1. The zero-order valence-electron chi connectivity index (χ0n) is 13.3. The van der Waals surface area contributed by atoms with Crippen LogP contribution < -0.4 is 5.73 Å². The SMILES string of the molecule is CCOC1CC(CC(N)CC2CCCN(S(C)(=O)=O)C2)C1. The summed E-state index contributed by atoms with van der Waals surface area (Å²) >= 11 is 0. The van der Waals surface area contributed by atoms with E-state index in [2.05, 4.69) is 0 Å². The topological polar surface area (TPSA) is 72.6 Å². The van der Waals surface area contributed by atoms with Crippen LogP contribution in [0.3, 0.4) is 0 Å². The molecular formula is C15H30N2O3S. The lowest BCUT2D eigenvalue weighted by Crippen LogP contribution is -2.42. The van der Waals surface area contributed by atoms with Gasteiger partial charge in [0.05, 0.1) is 12.4 Å². The van der Waals surface area contributed by atoms with Crippen LogP contribution in [0.25, 0.3) is 0 Å². The molecule has 2 aliphatic rings. The number of hydrogen-bond acceptors (Lipinski definition) is 4. The van der Waals surface area contributed by atoms with Crippen LogP contribution in [0, 0.1) is 11.8 Å². The quantitative estimate of drug-likeness (QED) is 0.773. The van der Waals surface area contributed by atoms with E-state index in [4.69, 9.17) is 10.5 Å². The highest BCUT2D eigenvalue weighted by Crippen LogP contribution is 2.34. The van der Waals surface area contributed by atoms with Crippen molar-refractivity contribution < 1.29 is 13.2 Å². The normalized spacial score (nSPS) is 32.6. The van der Waals surface area contributed by atoms with Crippen molar-refractivity contribution in [1.82, 2.24) is 4.31 Å². The van der Waals surface area contributed by atoms with Crippen molar-refractivity contribution in [2.24, 2.45) is 17.6 Å². The summed E-state index contributed by atoms with van der Waals surface area (Å²) in [6.45, 7) is 4.16. The minimum atomic E-state index is -3.05. The molecule has 0 aromatic heterocycles. The van der Waals surface area contributed by atoms with Crippen LogP contribution in [0.5, 0.6) is 0 Å². The van der Waals surface area contributed by atoms with E-state index < -0.39 is 10.0 Å². The number of ether oxygens (including phenoxy) is 1. The Bertz CT molecular complexity index is 421. The van der Waals surface area contributed by atoms with E-state index in [1.165, 1.54) is 6.26 Å². The van der Waals surface area contributed by atoms with Crippen LogP contribution in [-0.4, -0.2) is 50.8 Å². The van der Waals surface area contributed by atoms with E-state index in [1.54, 1.807) is 4.31 Å². The van der Waals surface area contributed by atoms with E-state index in [9.17, 15) is 8.42 Å². The molecule has 0 radical (unpaired) electrons. The maximum absolute atomic E-state index is 11.6. The molecule has 0 amide bonds. The Morgan fingerprint density at radius 1 is 1.29 bits per heavy atom. The third kappa shape index (κ3) is 5.20. The van der Waals surface area contributed by atoms with Gasteiger partial charge in [-0.1, -0.05) is 0 Å². The second kappa shape index (κ2) is 7.40. The van der Waals surface area contributed by atoms with Crippen molar-refractivity contribution in [3.05, 3.63) is 0 Å². The molecule has 1 saturated heterocycles. The number of nitrogens with zero attached hydrogens (tertiary/aromatic N) is 1. The number of hydrogen-bond donors (Lipinski definition) is 1. The number of piperidine rings is 1. The first-order chi connectivity index (χ1) is 9.88. The zero-order chi connectivity index (χ0) is 15.5. The summed E-state index contributed by atoms with van der Waals surface area (Å²) in [6, 6.07) is 0.196. The van der Waals surface area contributed by atoms with Gasteiger partial charge in [0.2, 0.25) is 10.0 Å². The van der Waals surface area contributed by atoms with Gasteiger partial charge in [-0.05, 0) is 57.3 Å². The second-order valence-electron chi connectivity index (χ2n) is 6.78. The highest BCUT2D eigenvalue weighted by atomic mass is 32.2. The fourth-order valence-electron chi connectivity index (χ4n) is 3.71. The van der Waals surface area contributed by atoms with Crippen LogP contribution in [-0.2, 0) is 14.8 Å². The monoisotopic (exact) mass is 318 g/mol. The highest BCUT2D eigenvalue weighted by Gasteiger charge is 2.32. The molecule has 0 bridgehead atoms. The average molecular weight is 318 g/mol. The molecule has 2 fully saturated rings. The molecule has 1 aliphatic carbocycles. The Balaban J connectivity index is 1.69. The van der Waals surface area contributed by atoms with Gasteiger partial charge in [-0.15, -0.1) is 0 Å². The van der Waals surface area contributed by atoms with Crippen molar-refractivity contribution in [3.63, 3.8) is 0 Å². The molecule has 2 N–H and O–H groups in total. The molecule has 0 aromatic rings. The largest absolute Gasteiger partial charge is 0.378 e. The minimum absolute atomic E-state index is 0.196. The van der Waals surface area contributed by atoms with Crippen LogP contribution in [0.2, 0.25) is 0 Å². The molecule has 124 valence electrons. The summed E-state index contributed by atoms with van der Waals surface area (Å²) in [6.07, 6.45) is 8.09. The van der Waals surface area contributed by atoms with Gasteiger partial charge < -0.3 is 10.5 Å². The Morgan fingerprint density at radius 3 is 2.57 bits per heavy atom. The zero-order valence-corrected chi connectivity index (χ0v) is 14.1. The average Bonchev–Trinajstić information content (AvgIpc) is 2.35. The standard InChI is InChI=1S/C15H30N2O3S/c1-3-20-15-9-13(10-15)8-14(16)7-12-5-4-6-17(11-12)21(2,18)19/h12-15H,3-11,16H2,1-2H3. The molecule has 0 spiro atoms. The van der Waals surface area contributed by atoms with Crippen molar-refractivity contribution in [2.75, 3.05) is 26.0 Å². The molecule has 0 aromatic carbocycles. The lowest BCUT2D eigenvalue weighted by molar-refractivity contribution is -0.0287. The van der Waals surface area contributed by atoms with E-state index in [1.807, 2.05) is 6.92 Å². The van der Waals surface area contributed by atoms with E-state index >= 15 is 0 Å². The Labute approximate surface area is 129 Å². The maximum atomic E-state index is 11.6. The van der Waals surface area contributed by atoms with Gasteiger partial charge in [0.1, 0.15) is 0 Å². The minimum Gasteiger partial charge on any atom is -0.378 e. The van der Waals surface area contributed by atoms with Gasteiger partial charge >= 0.3 is 0 Å². The van der Waals surface area contributed by atoms with E-state index in [0.717, 1.165) is 45.1 Å². The molecule has 1 saturated carbocycles. The molecule has 1 heterocycles. The molecule has 5 nitrogen and oxygen atoms in total. The molecule has 2 unspecified atom stereocenters. The molecule has 1 aliphatic heterocycles. The van der Waals surface area contributed by atoms with Gasteiger partial charge in [0.25, 0.3) is 0 Å². The Kier molecular flexibility index (Phi) is 6.05. The summed E-state index contributed by atoms with van der Waals surface area (Å²) in [5.41, 5.74) is 6.28. The first-order valence-electron chi connectivity index (χ1n) is 8.20. The second-order valence-corrected chi connectivity index (χ2v) is 8.76. The fraction of sp³-hybridized carbons (Fsp3) is 1.00. The Morgan fingerprint density at radius 2 is 1.95 bits per heavy atom. The molecule has 2 atom stereocenters. The van der Waals surface area contributed by atoms with Gasteiger partial charge in [0, 0.05) is 25.7 Å². The van der Waals surface area contributed by atoms with E-state index in [0.29, 0.717) is 31.0 Å². The first kappa shape index (κ1) is 17.2. The van der Waals surface area contributed by atoms with Crippen molar-refractivity contribution in [3.8, 4) is 0 Å². The molecular weight excluding hydrogens is 288 g/mol.